The molecule has 0 saturated heterocycles. The Hall–Kier alpha value is -0.780. The van der Waals surface area contributed by atoms with Gasteiger partial charge in [-0.3, -0.25) is 0 Å². The van der Waals surface area contributed by atoms with Crippen molar-refractivity contribution in [3.05, 3.63) is 22.0 Å². The number of halogens is 1. The van der Waals surface area contributed by atoms with E-state index in [9.17, 15) is 0 Å². The molecule has 66 valence electrons. The van der Waals surface area contributed by atoms with Crippen molar-refractivity contribution in [2.45, 2.75) is 6.54 Å². The van der Waals surface area contributed by atoms with E-state index in [1.165, 1.54) is 0 Å². The van der Waals surface area contributed by atoms with E-state index < -0.39 is 0 Å². The third kappa shape index (κ3) is 0.979. The molecule has 0 saturated carbocycles. The van der Waals surface area contributed by atoms with Crippen LogP contribution in [0.2, 0.25) is 0 Å². The fourth-order valence-electron chi connectivity index (χ4n) is 1.69. The first kappa shape index (κ1) is 7.61. The van der Waals surface area contributed by atoms with E-state index >= 15 is 0 Å². The van der Waals surface area contributed by atoms with Crippen molar-refractivity contribution < 1.29 is 4.74 Å². The van der Waals surface area contributed by atoms with Gasteiger partial charge in [0.15, 0.2) is 3.83 Å². The van der Waals surface area contributed by atoms with Crippen LogP contribution in [0.25, 0.3) is 11.0 Å². The predicted octanol–water partition coefficient (Wildman–Crippen LogP) is 2.03. The summed E-state index contributed by atoms with van der Waals surface area (Å²) in [6.07, 6.45) is 0. The molecule has 1 aliphatic rings. The number of imidazole rings is 1. The van der Waals surface area contributed by atoms with E-state index in [0.29, 0.717) is 0 Å². The standard InChI is InChI=1S/C9H7IN2O/c10-9-11-6-2-1-3-7-8(6)12(9)4-5-13-7/h1-3H,4-5H2. The van der Waals surface area contributed by atoms with Crippen molar-refractivity contribution in [1.82, 2.24) is 9.55 Å². The molecule has 2 heterocycles. The molecule has 4 heteroatoms. The van der Waals surface area contributed by atoms with Crippen molar-refractivity contribution >= 4 is 33.6 Å². The summed E-state index contributed by atoms with van der Waals surface area (Å²) in [5.74, 6) is 0.958. The lowest BCUT2D eigenvalue weighted by Crippen LogP contribution is -2.14. The topological polar surface area (TPSA) is 27.1 Å². The lowest BCUT2D eigenvalue weighted by molar-refractivity contribution is 0.285. The van der Waals surface area contributed by atoms with Crippen LogP contribution in [0.5, 0.6) is 5.75 Å². The van der Waals surface area contributed by atoms with Crippen LogP contribution in [-0.2, 0) is 6.54 Å². The van der Waals surface area contributed by atoms with Gasteiger partial charge in [-0.05, 0) is 34.7 Å². The van der Waals surface area contributed by atoms with Crippen molar-refractivity contribution in [2.75, 3.05) is 6.61 Å². The molecule has 3 nitrogen and oxygen atoms in total. The molecule has 0 aliphatic carbocycles. The molecular weight excluding hydrogens is 279 g/mol. The molecule has 1 aromatic heterocycles. The van der Waals surface area contributed by atoms with Gasteiger partial charge in [0.1, 0.15) is 17.9 Å². The monoisotopic (exact) mass is 286 g/mol. The Bertz CT molecular complexity index is 478. The van der Waals surface area contributed by atoms with Gasteiger partial charge in [-0.15, -0.1) is 0 Å². The van der Waals surface area contributed by atoms with E-state index in [4.69, 9.17) is 4.74 Å². The lowest BCUT2D eigenvalue weighted by atomic mass is 10.3. The summed E-state index contributed by atoms with van der Waals surface area (Å²) in [6, 6.07) is 6.00. The minimum atomic E-state index is 0.748. The average Bonchev–Trinajstić information content (AvgIpc) is 2.47. The van der Waals surface area contributed by atoms with Gasteiger partial charge in [0.2, 0.25) is 0 Å². The molecule has 0 N–H and O–H groups in total. The number of ether oxygens (including phenoxy) is 1. The highest BCUT2D eigenvalue weighted by molar-refractivity contribution is 14.1. The second kappa shape index (κ2) is 2.60. The minimum Gasteiger partial charge on any atom is -0.489 e. The van der Waals surface area contributed by atoms with E-state index in [1.807, 2.05) is 18.2 Å². The van der Waals surface area contributed by atoms with Crippen LogP contribution in [0.3, 0.4) is 0 Å². The quantitative estimate of drug-likeness (QED) is 0.693. The van der Waals surface area contributed by atoms with Crippen LogP contribution in [0.15, 0.2) is 18.2 Å². The largest absolute Gasteiger partial charge is 0.489 e. The molecule has 1 aromatic carbocycles. The number of aromatic nitrogens is 2. The Balaban J connectivity index is 2.51. The number of hydrogen-bond donors (Lipinski definition) is 0. The second-order valence-corrected chi connectivity index (χ2v) is 3.97. The predicted molar refractivity (Wildman–Crippen MR) is 57.9 cm³/mol. The molecule has 0 atom stereocenters. The first-order valence-electron chi connectivity index (χ1n) is 4.14. The van der Waals surface area contributed by atoms with Crippen molar-refractivity contribution in [1.29, 1.82) is 0 Å². The van der Waals surface area contributed by atoms with Crippen LogP contribution in [-0.4, -0.2) is 16.2 Å². The maximum Gasteiger partial charge on any atom is 0.172 e. The van der Waals surface area contributed by atoms with Gasteiger partial charge in [-0.25, -0.2) is 4.98 Å². The van der Waals surface area contributed by atoms with E-state index in [1.54, 1.807) is 0 Å². The van der Waals surface area contributed by atoms with E-state index in [0.717, 1.165) is 33.8 Å². The fourth-order valence-corrected chi connectivity index (χ4v) is 2.43. The Morgan fingerprint density at radius 3 is 3.31 bits per heavy atom. The van der Waals surface area contributed by atoms with Gasteiger partial charge in [-0.2, -0.15) is 0 Å². The smallest absolute Gasteiger partial charge is 0.172 e. The molecule has 0 unspecified atom stereocenters. The van der Waals surface area contributed by atoms with Gasteiger partial charge in [0.05, 0.1) is 12.1 Å². The maximum absolute atomic E-state index is 5.54. The Morgan fingerprint density at radius 1 is 1.46 bits per heavy atom. The highest BCUT2D eigenvalue weighted by Crippen LogP contribution is 2.29. The zero-order valence-electron chi connectivity index (χ0n) is 6.83. The summed E-state index contributed by atoms with van der Waals surface area (Å²) < 4.78 is 8.79. The molecule has 0 amide bonds. The van der Waals surface area contributed by atoms with Crippen LogP contribution >= 0.6 is 22.6 Å². The third-order valence-corrected chi connectivity index (χ3v) is 3.08. The number of nitrogens with zero attached hydrogens (tertiary/aromatic N) is 2. The number of benzene rings is 1. The number of hydrogen-bond acceptors (Lipinski definition) is 2. The fraction of sp³-hybridized carbons (Fsp3) is 0.222. The van der Waals surface area contributed by atoms with E-state index in [-0.39, 0.29) is 0 Å². The summed E-state index contributed by atoms with van der Waals surface area (Å²) in [5.41, 5.74) is 2.17. The summed E-state index contributed by atoms with van der Waals surface area (Å²) >= 11 is 2.26. The Kier molecular flexibility index (Phi) is 1.52. The van der Waals surface area contributed by atoms with Crippen molar-refractivity contribution in [3.63, 3.8) is 0 Å². The molecule has 0 spiro atoms. The van der Waals surface area contributed by atoms with Gasteiger partial charge in [-0.1, -0.05) is 6.07 Å². The normalized spacial score (nSPS) is 14.5. The first-order chi connectivity index (χ1) is 6.36. The van der Waals surface area contributed by atoms with Crippen LogP contribution in [0, 0.1) is 3.83 Å². The summed E-state index contributed by atoms with van der Waals surface area (Å²) in [7, 11) is 0. The second-order valence-electron chi connectivity index (χ2n) is 3.00. The van der Waals surface area contributed by atoms with E-state index in [2.05, 4.69) is 32.1 Å². The summed E-state index contributed by atoms with van der Waals surface area (Å²) in [6.45, 7) is 1.66. The molecular formula is C9H7IN2O. The zero-order valence-corrected chi connectivity index (χ0v) is 8.98. The highest BCUT2D eigenvalue weighted by Gasteiger charge is 2.16. The van der Waals surface area contributed by atoms with Gasteiger partial charge in [0.25, 0.3) is 0 Å². The minimum absolute atomic E-state index is 0.748. The Labute approximate surface area is 88.9 Å². The van der Waals surface area contributed by atoms with Gasteiger partial charge >= 0.3 is 0 Å². The molecule has 13 heavy (non-hydrogen) atoms. The maximum atomic E-state index is 5.54. The molecule has 0 radical (unpaired) electrons. The van der Waals surface area contributed by atoms with Crippen LogP contribution in [0.4, 0.5) is 0 Å². The van der Waals surface area contributed by atoms with Crippen molar-refractivity contribution in [3.8, 4) is 5.75 Å². The molecule has 0 bridgehead atoms. The molecule has 0 fully saturated rings. The van der Waals surface area contributed by atoms with Crippen LogP contribution in [0.1, 0.15) is 0 Å². The van der Waals surface area contributed by atoms with Gasteiger partial charge < -0.3 is 9.30 Å². The summed E-state index contributed by atoms with van der Waals surface area (Å²) in [5, 5.41) is 0. The zero-order chi connectivity index (χ0) is 8.84. The number of para-hydroxylation sites is 1. The molecule has 3 rings (SSSR count). The SMILES string of the molecule is Ic1nc2cccc3c2n1CCO3. The Morgan fingerprint density at radius 2 is 2.38 bits per heavy atom. The van der Waals surface area contributed by atoms with Crippen LogP contribution < -0.4 is 4.74 Å². The van der Waals surface area contributed by atoms with Crippen molar-refractivity contribution in [2.24, 2.45) is 0 Å². The highest BCUT2D eigenvalue weighted by atomic mass is 127. The molecule has 1 aliphatic heterocycles. The van der Waals surface area contributed by atoms with Gasteiger partial charge in [0, 0.05) is 0 Å². The third-order valence-electron chi connectivity index (χ3n) is 2.26. The number of rotatable bonds is 0. The first-order valence-corrected chi connectivity index (χ1v) is 5.22. The summed E-state index contributed by atoms with van der Waals surface area (Å²) in [4.78, 5) is 4.45. The average molecular weight is 286 g/mol. The lowest BCUT2D eigenvalue weighted by Gasteiger charge is -2.16. The molecule has 2 aromatic rings.